The Kier molecular flexibility index (Phi) is 3.20. The lowest BCUT2D eigenvalue weighted by Gasteiger charge is -2.13. The first-order valence-corrected chi connectivity index (χ1v) is 6.69. The van der Waals surface area contributed by atoms with Crippen molar-refractivity contribution < 1.29 is 4.74 Å². The van der Waals surface area contributed by atoms with Gasteiger partial charge >= 0.3 is 0 Å². The van der Waals surface area contributed by atoms with Crippen LogP contribution in [0.15, 0.2) is 18.2 Å². The number of H-pyrrole nitrogens is 1. The minimum absolute atomic E-state index is 0.744. The highest BCUT2D eigenvalue weighted by molar-refractivity contribution is 5.70. The van der Waals surface area contributed by atoms with Crippen molar-refractivity contribution in [2.75, 3.05) is 13.2 Å². The lowest BCUT2D eigenvalue weighted by molar-refractivity contribution is 0.161. The second kappa shape index (κ2) is 4.99. The number of hydrogen-bond acceptors (Lipinski definition) is 1. The summed E-state index contributed by atoms with van der Waals surface area (Å²) in [6.45, 7) is 3.75. The second-order valence-electron chi connectivity index (χ2n) is 4.88. The molecule has 2 heteroatoms. The number of aryl methyl sites for hydroxylation is 1. The van der Waals surface area contributed by atoms with Crippen molar-refractivity contribution in [2.24, 2.45) is 0 Å². The summed E-state index contributed by atoms with van der Waals surface area (Å²) in [5.41, 5.74) is 4.09. The maximum atomic E-state index is 5.41. The molecule has 0 spiro atoms. The van der Waals surface area contributed by atoms with E-state index in [1.165, 1.54) is 27.4 Å². The van der Waals surface area contributed by atoms with Crippen molar-refractivity contribution in [3.63, 3.8) is 0 Å². The highest BCUT2D eigenvalue weighted by atomic mass is 16.5. The third-order valence-corrected chi connectivity index (χ3v) is 3.62. The minimum Gasteiger partial charge on any atom is -0.377 e. The third kappa shape index (κ3) is 2.08. The van der Waals surface area contributed by atoms with Gasteiger partial charge in [0.05, 0.1) is 13.2 Å². The molecule has 1 aromatic heterocycles. The smallest absolute Gasteiger partial charge is 0.0653 e. The predicted molar refractivity (Wildman–Crippen MR) is 75.5 cm³/mol. The molecule has 2 heterocycles. The van der Waals surface area contributed by atoms with Crippen molar-refractivity contribution in [3.05, 3.63) is 40.1 Å². The largest absolute Gasteiger partial charge is 0.377 e. The quantitative estimate of drug-likeness (QED) is 0.799. The van der Waals surface area contributed by atoms with Crippen molar-refractivity contribution >= 4 is 17.7 Å². The van der Waals surface area contributed by atoms with Crippen LogP contribution < -0.4 is 10.6 Å². The van der Waals surface area contributed by atoms with Gasteiger partial charge in [0.2, 0.25) is 0 Å². The Bertz CT molecular complexity index is 616. The topological polar surface area (TPSA) is 25.0 Å². The lowest BCUT2D eigenvalue weighted by Crippen LogP contribution is -2.25. The molecule has 1 aromatic rings. The van der Waals surface area contributed by atoms with Gasteiger partial charge in [0.1, 0.15) is 0 Å². The summed E-state index contributed by atoms with van der Waals surface area (Å²) in [5.74, 6) is 0. The Morgan fingerprint density at radius 2 is 2.17 bits per heavy atom. The molecule has 0 saturated heterocycles. The summed E-state index contributed by atoms with van der Waals surface area (Å²) < 4.78 is 5.41. The monoisotopic (exact) mass is 241 g/mol. The Morgan fingerprint density at radius 1 is 1.22 bits per heavy atom. The van der Waals surface area contributed by atoms with Crippen LogP contribution in [0.1, 0.15) is 30.5 Å². The Hall–Kier alpha value is -1.54. The molecule has 3 rings (SSSR count). The molecule has 2 nitrogen and oxygen atoms in total. The van der Waals surface area contributed by atoms with Crippen LogP contribution in [-0.4, -0.2) is 18.2 Å². The van der Waals surface area contributed by atoms with E-state index in [1.54, 1.807) is 0 Å². The van der Waals surface area contributed by atoms with E-state index in [1.807, 2.05) is 0 Å². The van der Waals surface area contributed by atoms with E-state index in [2.05, 4.69) is 42.3 Å². The zero-order valence-electron chi connectivity index (χ0n) is 10.8. The van der Waals surface area contributed by atoms with Crippen molar-refractivity contribution in [2.45, 2.75) is 26.2 Å². The first-order chi connectivity index (χ1) is 8.86. The van der Waals surface area contributed by atoms with Gasteiger partial charge in [-0.3, -0.25) is 0 Å². The van der Waals surface area contributed by atoms with E-state index in [4.69, 9.17) is 4.74 Å². The molecule has 0 aromatic carbocycles. The maximum Gasteiger partial charge on any atom is 0.0653 e. The minimum atomic E-state index is 0.744. The molecule has 0 saturated carbocycles. The van der Waals surface area contributed by atoms with Crippen molar-refractivity contribution in [1.29, 1.82) is 0 Å². The number of aromatic amines is 1. The molecule has 2 aliphatic rings. The number of fused-ring (bicyclic) bond motifs is 1. The van der Waals surface area contributed by atoms with Crippen LogP contribution in [0.2, 0.25) is 0 Å². The highest BCUT2D eigenvalue weighted by Crippen LogP contribution is 2.20. The van der Waals surface area contributed by atoms with Crippen LogP contribution in [0, 0.1) is 6.92 Å². The first kappa shape index (κ1) is 11.5. The molecular weight excluding hydrogens is 222 g/mol. The molecule has 18 heavy (non-hydrogen) atoms. The average molecular weight is 241 g/mol. The van der Waals surface area contributed by atoms with E-state index in [0.717, 1.165) is 32.5 Å². The summed E-state index contributed by atoms with van der Waals surface area (Å²) in [6, 6.07) is 0. The normalized spacial score (nSPS) is 24.6. The summed E-state index contributed by atoms with van der Waals surface area (Å²) in [7, 11) is 0. The molecule has 1 aliphatic heterocycles. The molecule has 1 aliphatic carbocycles. The van der Waals surface area contributed by atoms with Crippen molar-refractivity contribution in [1.82, 2.24) is 4.98 Å². The molecule has 94 valence electrons. The molecule has 0 unspecified atom stereocenters. The van der Waals surface area contributed by atoms with Crippen LogP contribution in [0.3, 0.4) is 0 Å². The van der Waals surface area contributed by atoms with Crippen LogP contribution in [0.4, 0.5) is 0 Å². The molecule has 0 bridgehead atoms. The van der Waals surface area contributed by atoms with Crippen LogP contribution in [0.5, 0.6) is 0 Å². The van der Waals surface area contributed by atoms with Crippen LogP contribution in [-0.2, 0) is 4.74 Å². The second-order valence-corrected chi connectivity index (χ2v) is 4.88. The number of rotatable bonds is 1. The SMILES string of the molecule is Cc1[nH]c2/c(c1C1=CCOCC1)=C\C=C/CC\C=2. The van der Waals surface area contributed by atoms with E-state index in [9.17, 15) is 0 Å². The molecule has 0 amide bonds. The van der Waals surface area contributed by atoms with Gasteiger partial charge in [-0.15, -0.1) is 0 Å². The number of aromatic nitrogens is 1. The summed E-state index contributed by atoms with van der Waals surface area (Å²) in [4.78, 5) is 3.53. The van der Waals surface area contributed by atoms with Gasteiger partial charge in [0.25, 0.3) is 0 Å². The molecule has 1 N–H and O–H groups in total. The maximum absolute atomic E-state index is 5.41. The van der Waals surface area contributed by atoms with Gasteiger partial charge in [0, 0.05) is 21.8 Å². The van der Waals surface area contributed by atoms with Gasteiger partial charge in [-0.2, -0.15) is 0 Å². The van der Waals surface area contributed by atoms with Gasteiger partial charge in [0.15, 0.2) is 0 Å². The highest BCUT2D eigenvalue weighted by Gasteiger charge is 2.12. The van der Waals surface area contributed by atoms with E-state index >= 15 is 0 Å². The fraction of sp³-hybridized carbons (Fsp3) is 0.375. The van der Waals surface area contributed by atoms with E-state index in [-0.39, 0.29) is 0 Å². The zero-order chi connectivity index (χ0) is 12.4. The number of allylic oxidation sites excluding steroid dienone is 2. The Balaban J connectivity index is 2.22. The Morgan fingerprint density at radius 3 is 3.00 bits per heavy atom. The number of hydrogen-bond donors (Lipinski definition) is 1. The third-order valence-electron chi connectivity index (χ3n) is 3.62. The summed E-state index contributed by atoms with van der Waals surface area (Å²) in [5, 5.41) is 2.62. The fourth-order valence-electron chi connectivity index (χ4n) is 2.75. The predicted octanol–water partition coefficient (Wildman–Crippen LogP) is 2.04. The van der Waals surface area contributed by atoms with Gasteiger partial charge < -0.3 is 9.72 Å². The van der Waals surface area contributed by atoms with Gasteiger partial charge in [-0.25, -0.2) is 0 Å². The van der Waals surface area contributed by atoms with Gasteiger partial charge in [-0.05, 0) is 31.8 Å². The average Bonchev–Trinajstić information content (AvgIpc) is 2.66. The Labute approximate surface area is 107 Å². The van der Waals surface area contributed by atoms with E-state index in [0.29, 0.717) is 0 Å². The van der Waals surface area contributed by atoms with Crippen LogP contribution in [0.25, 0.3) is 17.7 Å². The number of nitrogens with one attached hydrogen (secondary N) is 1. The standard InChI is InChI=1S/C16H19NO/c1-12-16(13-8-10-18-11-9-13)14-6-4-2-3-5-7-15(14)17-12/h2,4,6-8,17H,3,5,9-11H2,1H3/b4-2-,14-6+,15-7+. The molecule has 0 fully saturated rings. The molecule has 0 radical (unpaired) electrons. The van der Waals surface area contributed by atoms with Crippen molar-refractivity contribution in [3.8, 4) is 0 Å². The molecular formula is C16H19NO. The van der Waals surface area contributed by atoms with Gasteiger partial charge in [-0.1, -0.05) is 30.4 Å². The fourth-order valence-corrected chi connectivity index (χ4v) is 2.75. The summed E-state index contributed by atoms with van der Waals surface area (Å²) >= 11 is 0. The summed E-state index contributed by atoms with van der Waals surface area (Å²) in [6.07, 6.45) is 14.4. The van der Waals surface area contributed by atoms with Crippen LogP contribution >= 0.6 is 0 Å². The first-order valence-electron chi connectivity index (χ1n) is 6.69. The lowest BCUT2D eigenvalue weighted by atomic mass is 9.99. The molecule has 0 atom stereocenters. The number of ether oxygens (including phenoxy) is 1. The van der Waals surface area contributed by atoms with E-state index < -0.39 is 0 Å². The zero-order valence-corrected chi connectivity index (χ0v) is 10.8.